The Morgan fingerprint density at radius 3 is 2.52 bits per heavy atom. The van der Waals surface area contributed by atoms with E-state index in [-0.39, 0.29) is 10.3 Å². The van der Waals surface area contributed by atoms with Gasteiger partial charge in [-0.15, -0.1) is 0 Å². The topological polar surface area (TPSA) is 113 Å². The van der Waals surface area contributed by atoms with E-state index in [1.807, 2.05) is 0 Å². The number of hydrogen-bond acceptors (Lipinski definition) is 4. The molecule has 25 heavy (non-hydrogen) atoms. The van der Waals surface area contributed by atoms with E-state index in [4.69, 9.17) is 4.74 Å². The molecule has 2 heterocycles. The number of aryl methyl sites for hydroxylation is 1. The second kappa shape index (κ2) is 6.40. The van der Waals surface area contributed by atoms with Gasteiger partial charge in [-0.25, -0.2) is 0 Å². The molecule has 0 bridgehead atoms. The molecule has 0 saturated carbocycles. The van der Waals surface area contributed by atoms with Gasteiger partial charge in [0.25, 0.3) is 0 Å². The summed E-state index contributed by atoms with van der Waals surface area (Å²) >= 11 is -4.93. The van der Waals surface area contributed by atoms with Crippen LogP contribution in [0.5, 0.6) is 5.75 Å². The third-order valence-corrected chi connectivity index (χ3v) is 5.72. The number of nitrogens with one attached hydrogen (secondary N) is 1. The first-order valence-electron chi connectivity index (χ1n) is 7.30. The van der Waals surface area contributed by atoms with Gasteiger partial charge in [-0.2, -0.15) is 0 Å². The Morgan fingerprint density at radius 1 is 1.24 bits per heavy atom. The van der Waals surface area contributed by atoms with Gasteiger partial charge in [0.1, 0.15) is 0 Å². The van der Waals surface area contributed by atoms with Gasteiger partial charge in [0.15, 0.2) is 0 Å². The zero-order valence-electron chi connectivity index (χ0n) is 13.5. The minimum atomic E-state index is -4.93. The molecule has 8 nitrogen and oxygen atoms in total. The summed E-state index contributed by atoms with van der Waals surface area (Å²) in [5.74, 6) is 0.172. The van der Waals surface area contributed by atoms with E-state index in [9.17, 15) is 16.7 Å². The fourth-order valence-corrected chi connectivity index (χ4v) is 3.65. The van der Waals surface area contributed by atoms with Gasteiger partial charge < -0.3 is 0 Å². The van der Waals surface area contributed by atoms with E-state index in [1.54, 1.807) is 29.7 Å². The van der Waals surface area contributed by atoms with Crippen LogP contribution >= 0.6 is 0 Å². The van der Waals surface area contributed by atoms with E-state index >= 15 is 0 Å². The first-order chi connectivity index (χ1) is 11.8. The number of aromatic nitrogens is 2. The Bertz CT molecular complexity index is 991. The summed E-state index contributed by atoms with van der Waals surface area (Å²) in [5, 5.41) is 2.71. The average molecular weight is 405 g/mol. The maximum atomic E-state index is 12.6. The van der Waals surface area contributed by atoms with E-state index in [0.29, 0.717) is 28.5 Å². The van der Waals surface area contributed by atoms with Gasteiger partial charge in [-0.05, 0) is 0 Å². The summed E-state index contributed by atoms with van der Waals surface area (Å²) < 4.78 is 36.4. The van der Waals surface area contributed by atoms with Crippen molar-refractivity contribution in [3.8, 4) is 5.75 Å². The van der Waals surface area contributed by atoms with Crippen molar-refractivity contribution in [2.75, 3.05) is 12.4 Å². The van der Waals surface area contributed by atoms with Crippen LogP contribution in [0.2, 0.25) is 0 Å². The molecule has 3 N–H and O–H groups in total. The monoisotopic (exact) mass is 405 g/mol. The van der Waals surface area contributed by atoms with Crippen LogP contribution < -0.4 is 14.4 Å². The van der Waals surface area contributed by atoms with Crippen molar-refractivity contribution in [1.82, 2.24) is 9.38 Å². The molecule has 9 heteroatoms. The average Bonchev–Trinajstić information content (AvgIpc) is 2.90. The van der Waals surface area contributed by atoms with Crippen LogP contribution in [0, 0.1) is 6.92 Å². The van der Waals surface area contributed by atoms with Crippen molar-refractivity contribution >= 4 is 35.8 Å². The number of rotatable bonds is 4. The van der Waals surface area contributed by atoms with Crippen LogP contribution in [0.25, 0.3) is 5.65 Å². The maximum absolute atomic E-state index is 12.6. The zero-order valence-corrected chi connectivity index (χ0v) is 15.4. The molecule has 0 atom stereocenters. The molecule has 0 radical (unpaired) electrons. The Hall–Kier alpha value is -2.54. The molecular weight excluding hydrogens is 389 g/mol. The molecule has 3 aromatic rings. The summed E-state index contributed by atoms with van der Waals surface area (Å²) in [7, 11) is 1.53. The van der Waals surface area contributed by atoms with Crippen molar-refractivity contribution in [2.24, 2.45) is 0 Å². The van der Waals surface area contributed by atoms with Crippen LogP contribution in [-0.4, -0.2) is 44.8 Å². The van der Waals surface area contributed by atoms with Crippen LogP contribution in [0.3, 0.4) is 0 Å². The summed E-state index contributed by atoms with van der Waals surface area (Å²) in [6.45, 7) is 1.72. The molecule has 1 aromatic carbocycles. The summed E-state index contributed by atoms with van der Waals surface area (Å²) in [6.07, 6.45) is 1.71. The van der Waals surface area contributed by atoms with Crippen LogP contribution in [0.15, 0.2) is 42.6 Å². The number of nitrogens with zero attached hydrogens (tertiary/aromatic N) is 2. The molecule has 130 valence electrons. The molecule has 0 aliphatic carbocycles. The van der Waals surface area contributed by atoms with Gasteiger partial charge in [0, 0.05) is 0 Å². The SMILES string of the molecule is COc1cccn2c(C(=O)Nc3ccc([As](=O)(O)O)cc3)c(C)nc12. The third-order valence-electron chi connectivity index (χ3n) is 3.69. The van der Waals surface area contributed by atoms with Crippen LogP contribution in [-0.2, 0) is 3.74 Å². The number of benzene rings is 1. The number of amides is 1. The molecule has 0 spiro atoms. The molecular formula is C16H16AsN3O5. The minimum absolute atomic E-state index is 0.0492. The molecule has 0 fully saturated rings. The van der Waals surface area contributed by atoms with Crippen molar-refractivity contribution < 1.29 is 21.5 Å². The van der Waals surface area contributed by atoms with E-state index < -0.39 is 14.2 Å². The molecule has 2 aromatic heterocycles. The molecule has 0 saturated heterocycles. The van der Waals surface area contributed by atoms with Gasteiger partial charge in [0.2, 0.25) is 0 Å². The quantitative estimate of drug-likeness (QED) is 0.544. The third kappa shape index (κ3) is 3.32. The summed E-state index contributed by atoms with van der Waals surface area (Å²) in [4.78, 5) is 17.0. The van der Waals surface area contributed by atoms with E-state index in [1.165, 1.54) is 31.4 Å². The van der Waals surface area contributed by atoms with Crippen LogP contribution in [0.1, 0.15) is 16.2 Å². The number of hydrogen-bond donors (Lipinski definition) is 3. The van der Waals surface area contributed by atoms with Crippen molar-refractivity contribution in [3.05, 3.63) is 54.0 Å². The molecule has 0 unspecified atom stereocenters. The Labute approximate surface area is 146 Å². The van der Waals surface area contributed by atoms with Crippen molar-refractivity contribution in [3.63, 3.8) is 0 Å². The zero-order chi connectivity index (χ0) is 18.2. The fourth-order valence-electron chi connectivity index (χ4n) is 2.52. The van der Waals surface area contributed by atoms with Gasteiger partial charge in [0.05, 0.1) is 0 Å². The van der Waals surface area contributed by atoms with Gasteiger partial charge >= 0.3 is 146 Å². The number of carbonyl (C=O) groups excluding carboxylic acids is 1. The van der Waals surface area contributed by atoms with E-state index in [0.717, 1.165) is 0 Å². The number of imidazole rings is 1. The van der Waals surface area contributed by atoms with Crippen molar-refractivity contribution in [2.45, 2.75) is 6.92 Å². The summed E-state index contributed by atoms with van der Waals surface area (Å²) in [6, 6.07) is 9.02. The standard InChI is InChI=1S/C16H16AsN3O5/c1-10-14(20-9-3-4-13(25-2)15(20)18-10)16(21)19-12-7-5-11(6-8-12)17(22,23)24/h3-9H,1-2H3,(H,19,21)(H2,22,23,24). The predicted octanol–water partition coefficient (Wildman–Crippen LogP) is 0.465. The second-order valence-electron chi connectivity index (χ2n) is 5.36. The number of carbonyl (C=O) groups is 1. The molecule has 0 aliphatic heterocycles. The first-order valence-corrected chi connectivity index (χ1v) is 10.7. The van der Waals surface area contributed by atoms with Gasteiger partial charge in [-0.1, -0.05) is 0 Å². The number of anilines is 1. The van der Waals surface area contributed by atoms with Crippen molar-refractivity contribution in [1.29, 1.82) is 0 Å². The molecule has 1 amide bonds. The van der Waals surface area contributed by atoms with Crippen LogP contribution in [0.4, 0.5) is 5.69 Å². The normalized spacial score (nSPS) is 11.5. The number of pyridine rings is 1. The van der Waals surface area contributed by atoms with E-state index in [2.05, 4.69) is 10.3 Å². The van der Waals surface area contributed by atoms with Gasteiger partial charge in [-0.3, -0.25) is 0 Å². The molecule has 3 rings (SSSR count). The summed E-state index contributed by atoms with van der Waals surface area (Å²) in [5.41, 5.74) is 1.86. The Balaban J connectivity index is 1.93. The number of methoxy groups -OCH3 is 1. The fraction of sp³-hybridized carbons (Fsp3) is 0.125. The Morgan fingerprint density at radius 2 is 1.92 bits per heavy atom. The predicted molar refractivity (Wildman–Crippen MR) is 91.4 cm³/mol. The first kappa shape index (κ1) is 17.3. The number of fused-ring (bicyclic) bond motifs is 1. The number of ether oxygens (including phenoxy) is 1. The Kier molecular flexibility index (Phi) is 4.43. The molecule has 0 aliphatic rings. The second-order valence-corrected chi connectivity index (χ2v) is 8.73.